The largest absolute Gasteiger partial charge is 0.357 e. The summed E-state index contributed by atoms with van der Waals surface area (Å²) in [4.78, 5) is 25.6. The summed E-state index contributed by atoms with van der Waals surface area (Å²) in [7, 11) is 1.59. The average Bonchev–Trinajstić information content (AvgIpc) is 2.97. The van der Waals surface area contributed by atoms with Gasteiger partial charge in [-0.3, -0.25) is 14.3 Å². The number of aromatic nitrogens is 2. The van der Waals surface area contributed by atoms with E-state index < -0.39 is 6.04 Å². The molecule has 0 radical (unpaired) electrons. The van der Waals surface area contributed by atoms with Crippen molar-refractivity contribution in [2.75, 3.05) is 26.7 Å². The fraction of sp³-hybridized carbons (Fsp3) is 0.583. The van der Waals surface area contributed by atoms with Crippen LogP contribution in [0.2, 0.25) is 0 Å². The zero-order valence-corrected chi connectivity index (χ0v) is 11.0. The molecule has 1 unspecified atom stereocenters. The molecule has 1 aliphatic rings. The molecule has 1 aliphatic heterocycles. The van der Waals surface area contributed by atoms with Gasteiger partial charge in [0.15, 0.2) is 0 Å². The molecule has 2 N–H and O–H groups in total. The topological polar surface area (TPSA) is 79.3 Å². The van der Waals surface area contributed by atoms with Crippen molar-refractivity contribution >= 4 is 11.8 Å². The van der Waals surface area contributed by atoms with Crippen LogP contribution >= 0.6 is 0 Å². The van der Waals surface area contributed by atoms with Gasteiger partial charge in [-0.05, 0) is 6.07 Å². The molecule has 1 fully saturated rings. The molecule has 0 aromatic carbocycles. The number of aryl methyl sites for hydroxylation is 1. The smallest absolute Gasteiger partial charge is 0.243 e. The Hall–Kier alpha value is -1.89. The maximum Gasteiger partial charge on any atom is 0.243 e. The Morgan fingerprint density at radius 1 is 1.53 bits per heavy atom. The molecule has 0 bridgehead atoms. The number of amides is 2. The van der Waals surface area contributed by atoms with Gasteiger partial charge in [0.2, 0.25) is 11.8 Å². The third kappa shape index (κ3) is 3.31. The van der Waals surface area contributed by atoms with Crippen LogP contribution in [0.3, 0.4) is 0 Å². The molecule has 2 amide bonds. The lowest BCUT2D eigenvalue weighted by atomic mass is 10.1. The molecule has 0 aliphatic carbocycles. The van der Waals surface area contributed by atoms with Crippen molar-refractivity contribution in [2.24, 2.45) is 0 Å². The van der Waals surface area contributed by atoms with Crippen molar-refractivity contribution < 1.29 is 9.59 Å². The van der Waals surface area contributed by atoms with Crippen LogP contribution in [0.4, 0.5) is 0 Å². The van der Waals surface area contributed by atoms with Crippen molar-refractivity contribution in [2.45, 2.75) is 19.0 Å². The van der Waals surface area contributed by atoms with Crippen molar-refractivity contribution in [3.63, 3.8) is 0 Å². The Balaban J connectivity index is 1.93. The summed E-state index contributed by atoms with van der Waals surface area (Å²) in [6.45, 7) is 2.33. The van der Waals surface area contributed by atoms with E-state index in [0.717, 1.165) is 6.54 Å². The molecule has 2 heterocycles. The van der Waals surface area contributed by atoms with E-state index in [1.807, 2.05) is 12.3 Å². The van der Waals surface area contributed by atoms with Crippen LogP contribution in [0.5, 0.6) is 0 Å². The van der Waals surface area contributed by atoms with Gasteiger partial charge in [0, 0.05) is 52.0 Å². The Bertz CT molecular complexity index is 431. The van der Waals surface area contributed by atoms with E-state index >= 15 is 0 Å². The number of nitrogens with zero attached hydrogens (tertiary/aromatic N) is 3. The highest BCUT2D eigenvalue weighted by Gasteiger charge is 2.30. The molecule has 1 aromatic rings. The van der Waals surface area contributed by atoms with Gasteiger partial charge in [0.1, 0.15) is 6.04 Å². The first-order valence-corrected chi connectivity index (χ1v) is 6.41. The summed E-state index contributed by atoms with van der Waals surface area (Å²) < 4.78 is 1.72. The van der Waals surface area contributed by atoms with E-state index in [4.69, 9.17) is 0 Å². The lowest BCUT2D eigenvalue weighted by Crippen LogP contribution is -2.59. The number of hydrogen-bond acceptors (Lipinski definition) is 4. The lowest BCUT2D eigenvalue weighted by molar-refractivity contribution is -0.141. The highest BCUT2D eigenvalue weighted by atomic mass is 16.2. The lowest BCUT2D eigenvalue weighted by Gasteiger charge is -2.35. The van der Waals surface area contributed by atoms with Gasteiger partial charge >= 0.3 is 0 Å². The summed E-state index contributed by atoms with van der Waals surface area (Å²) in [5.74, 6) is -0.134. The second-order valence-electron chi connectivity index (χ2n) is 4.44. The highest BCUT2D eigenvalue weighted by molar-refractivity contribution is 5.88. The molecule has 104 valence electrons. The van der Waals surface area contributed by atoms with Gasteiger partial charge < -0.3 is 15.5 Å². The fourth-order valence-electron chi connectivity index (χ4n) is 2.19. The van der Waals surface area contributed by atoms with Gasteiger partial charge in [-0.25, -0.2) is 0 Å². The number of carbonyl (C=O) groups excluding carboxylic acids is 2. The van der Waals surface area contributed by atoms with Gasteiger partial charge in [0.25, 0.3) is 0 Å². The summed E-state index contributed by atoms with van der Waals surface area (Å²) in [6, 6.07) is 1.41. The van der Waals surface area contributed by atoms with E-state index in [-0.39, 0.29) is 11.8 Å². The summed E-state index contributed by atoms with van der Waals surface area (Å²) in [5, 5.41) is 9.79. The molecule has 0 saturated carbocycles. The molecule has 0 spiro atoms. The zero-order chi connectivity index (χ0) is 13.7. The average molecular weight is 265 g/mol. The second-order valence-corrected chi connectivity index (χ2v) is 4.44. The number of piperazine rings is 1. The third-order valence-electron chi connectivity index (χ3n) is 3.23. The molecular weight excluding hydrogens is 246 g/mol. The number of hydrogen-bond donors (Lipinski definition) is 2. The molecular formula is C12H19N5O2. The molecule has 7 heteroatoms. The monoisotopic (exact) mass is 265 g/mol. The summed E-state index contributed by atoms with van der Waals surface area (Å²) >= 11 is 0. The van der Waals surface area contributed by atoms with Gasteiger partial charge in [0.05, 0.1) is 0 Å². The summed E-state index contributed by atoms with van der Waals surface area (Å²) in [6.07, 6.45) is 3.86. The van der Waals surface area contributed by atoms with Gasteiger partial charge in [-0.15, -0.1) is 0 Å². The predicted molar refractivity (Wildman–Crippen MR) is 69.3 cm³/mol. The van der Waals surface area contributed by atoms with E-state index in [1.54, 1.807) is 22.8 Å². The zero-order valence-electron chi connectivity index (χ0n) is 11.0. The second kappa shape index (κ2) is 6.33. The SMILES string of the molecule is CNC(=O)C1CNCCN1C(=O)CCn1cccn1. The van der Waals surface area contributed by atoms with Crippen LogP contribution in [0.25, 0.3) is 0 Å². The van der Waals surface area contributed by atoms with Crippen LogP contribution in [0.15, 0.2) is 18.5 Å². The van der Waals surface area contributed by atoms with Crippen LogP contribution in [0, 0.1) is 0 Å². The van der Waals surface area contributed by atoms with E-state index in [2.05, 4.69) is 15.7 Å². The van der Waals surface area contributed by atoms with Crippen molar-refractivity contribution in [1.82, 2.24) is 25.3 Å². The van der Waals surface area contributed by atoms with Gasteiger partial charge in [-0.2, -0.15) is 5.10 Å². The van der Waals surface area contributed by atoms with E-state index in [1.165, 1.54) is 0 Å². The Kier molecular flexibility index (Phi) is 4.51. The first-order valence-electron chi connectivity index (χ1n) is 6.41. The molecule has 1 atom stereocenters. The van der Waals surface area contributed by atoms with E-state index in [9.17, 15) is 9.59 Å². The Labute approximate surface area is 111 Å². The minimum absolute atomic E-state index is 0.00870. The van der Waals surface area contributed by atoms with Gasteiger partial charge in [-0.1, -0.05) is 0 Å². The Morgan fingerprint density at radius 3 is 3.05 bits per heavy atom. The maximum absolute atomic E-state index is 12.2. The molecule has 1 saturated heterocycles. The third-order valence-corrected chi connectivity index (χ3v) is 3.23. The van der Waals surface area contributed by atoms with E-state index in [0.29, 0.717) is 26.1 Å². The fourth-order valence-corrected chi connectivity index (χ4v) is 2.19. The molecule has 19 heavy (non-hydrogen) atoms. The number of rotatable bonds is 4. The molecule has 7 nitrogen and oxygen atoms in total. The minimum Gasteiger partial charge on any atom is -0.357 e. The molecule has 1 aromatic heterocycles. The van der Waals surface area contributed by atoms with Crippen molar-refractivity contribution in [3.8, 4) is 0 Å². The van der Waals surface area contributed by atoms with Crippen LogP contribution < -0.4 is 10.6 Å². The maximum atomic E-state index is 12.2. The van der Waals surface area contributed by atoms with Crippen molar-refractivity contribution in [3.05, 3.63) is 18.5 Å². The summed E-state index contributed by atoms with van der Waals surface area (Å²) in [5.41, 5.74) is 0. The first-order chi connectivity index (χ1) is 9.22. The quantitative estimate of drug-likeness (QED) is 0.718. The number of likely N-dealkylation sites (N-methyl/N-ethyl adjacent to an activating group) is 1. The van der Waals surface area contributed by atoms with Crippen LogP contribution in [0.1, 0.15) is 6.42 Å². The normalized spacial score (nSPS) is 19.2. The highest BCUT2D eigenvalue weighted by Crippen LogP contribution is 2.07. The predicted octanol–water partition coefficient (Wildman–Crippen LogP) is -1.18. The van der Waals surface area contributed by atoms with Crippen LogP contribution in [-0.4, -0.2) is 59.2 Å². The first kappa shape index (κ1) is 13.5. The standard InChI is InChI=1S/C12H19N5O2/c1-13-12(19)10-9-14-5-8-17(10)11(18)3-7-16-6-2-4-15-16/h2,4,6,10,14H,3,5,7-9H2,1H3,(H,13,19). The Morgan fingerprint density at radius 2 is 2.37 bits per heavy atom. The van der Waals surface area contributed by atoms with Crippen molar-refractivity contribution in [1.29, 1.82) is 0 Å². The minimum atomic E-state index is -0.413. The number of carbonyl (C=O) groups is 2. The molecule has 2 rings (SSSR count). The number of nitrogens with one attached hydrogen (secondary N) is 2. The van der Waals surface area contributed by atoms with Crippen LogP contribution in [-0.2, 0) is 16.1 Å².